The van der Waals surface area contributed by atoms with E-state index in [9.17, 15) is 4.79 Å². The number of amides is 1. The van der Waals surface area contributed by atoms with Gasteiger partial charge in [0.25, 0.3) is 5.91 Å². The Hall–Kier alpha value is -1.07. The number of halogens is 1. The molecule has 0 fully saturated rings. The van der Waals surface area contributed by atoms with Crippen LogP contribution >= 0.6 is 15.9 Å². The van der Waals surface area contributed by atoms with E-state index < -0.39 is 6.10 Å². The lowest BCUT2D eigenvalue weighted by atomic mass is 10.0. The van der Waals surface area contributed by atoms with Crippen molar-refractivity contribution in [2.75, 3.05) is 5.32 Å². The third-order valence-corrected chi connectivity index (χ3v) is 3.24. The zero-order valence-corrected chi connectivity index (χ0v) is 11.2. The van der Waals surface area contributed by atoms with Crippen LogP contribution in [0.1, 0.15) is 19.4 Å². The van der Waals surface area contributed by atoms with Gasteiger partial charge in [-0.3, -0.25) is 4.79 Å². The lowest BCUT2D eigenvalue weighted by molar-refractivity contribution is -0.125. The van der Waals surface area contributed by atoms with Gasteiger partial charge < -0.3 is 15.2 Å². The van der Waals surface area contributed by atoms with Gasteiger partial charge in [-0.25, -0.2) is 0 Å². The smallest absolute Gasteiger partial charge is 0.265 e. The highest BCUT2D eigenvalue weighted by Gasteiger charge is 2.31. The first-order chi connectivity index (χ1) is 8.02. The third-order valence-electron chi connectivity index (χ3n) is 2.65. The minimum Gasteiger partial charge on any atom is -0.477 e. The molecule has 0 radical (unpaired) electrons. The Balaban J connectivity index is 2.41. The molecule has 0 aliphatic carbocycles. The standard InChI is InChI=1S/C12H14BrNO3/c1-6(2)10-12(16)14-9-4-7(5-15)3-8(13)11(9)17-10/h3-4,6,10,15H,5H2,1-2H3,(H,14,16). The summed E-state index contributed by atoms with van der Waals surface area (Å²) in [7, 11) is 0. The number of nitrogens with one attached hydrogen (secondary N) is 1. The van der Waals surface area contributed by atoms with Crippen molar-refractivity contribution in [2.24, 2.45) is 5.92 Å². The first kappa shape index (κ1) is 12.4. The molecule has 0 bridgehead atoms. The van der Waals surface area contributed by atoms with Crippen LogP contribution in [0.4, 0.5) is 5.69 Å². The normalized spacial score (nSPS) is 18.6. The second-order valence-corrected chi connectivity index (χ2v) is 5.24. The Morgan fingerprint density at radius 2 is 2.24 bits per heavy atom. The van der Waals surface area contributed by atoms with Gasteiger partial charge in [0.1, 0.15) is 0 Å². The summed E-state index contributed by atoms with van der Waals surface area (Å²) in [5.74, 6) is 0.586. The van der Waals surface area contributed by atoms with Crippen molar-refractivity contribution < 1.29 is 14.6 Å². The molecule has 92 valence electrons. The summed E-state index contributed by atoms with van der Waals surface area (Å²) in [6, 6.07) is 3.50. The fraction of sp³-hybridized carbons (Fsp3) is 0.417. The summed E-state index contributed by atoms with van der Waals surface area (Å²) in [6.07, 6.45) is -0.473. The van der Waals surface area contributed by atoms with E-state index in [4.69, 9.17) is 9.84 Å². The van der Waals surface area contributed by atoms with Gasteiger partial charge in [0, 0.05) is 0 Å². The zero-order chi connectivity index (χ0) is 12.6. The quantitative estimate of drug-likeness (QED) is 0.881. The van der Waals surface area contributed by atoms with Crippen LogP contribution in [0.3, 0.4) is 0 Å². The highest BCUT2D eigenvalue weighted by molar-refractivity contribution is 9.10. The van der Waals surface area contributed by atoms with Crippen LogP contribution in [0.25, 0.3) is 0 Å². The van der Waals surface area contributed by atoms with Gasteiger partial charge in [-0.2, -0.15) is 0 Å². The molecule has 2 rings (SSSR count). The first-order valence-electron chi connectivity index (χ1n) is 5.43. The molecule has 4 nitrogen and oxygen atoms in total. The van der Waals surface area contributed by atoms with E-state index in [1.54, 1.807) is 12.1 Å². The molecule has 1 aliphatic rings. The highest BCUT2D eigenvalue weighted by Crippen LogP contribution is 2.39. The van der Waals surface area contributed by atoms with Gasteiger partial charge in [0.2, 0.25) is 0 Å². The Morgan fingerprint density at radius 1 is 1.53 bits per heavy atom. The molecule has 0 saturated carbocycles. The maximum absolute atomic E-state index is 11.8. The fourth-order valence-corrected chi connectivity index (χ4v) is 2.38. The highest BCUT2D eigenvalue weighted by atomic mass is 79.9. The van der Waals surface area contributed by atoms with Gasteiger partial charge in [0.05, 0.1) is 16.8 Å². The molecule has 1 aromatic rings. The number of aliphatic hydroxyl groups excluding tert-OH is 1. The molecule has 1 heterocycles. The van der Waals surface area contributed by atoms with Crippen LogP contribution in [-0.4, -0.2) is 17.1 Å². The molecule has 0 aromatic heterocycles. The number of benzene rings is 1. The van der Waals surface area contributed by atoms with Crippen LogP contribution in [0, 0.1) is 5.92 Å². The number of rotatable bonds is 2. The van der Waals surface area contributed by atoms with Crippen LogP contribution in [0.5, 0.6) is 5.75 Å². The topological polar surface area (TPSA) is 58.6 Å². The minimum atomic E-state index is -0.473. The van der Waals surface area contributed by atoms with Crippen molar-refractivity contribution in [1.82, 2.24) is 0 Å². The first-order valence-corrected chi connectivity index (χ1v) is 6.23. The van der Waals surface area contributed by atoms with Gasteiger partial charge in [-0.05, 0) is 39.5 Å². The van der Waals surface area contributed by atoms with Crippen LogP contribution in [-0.2, 0) is 11.4 Å². The number of ether oxygens (including phenoxy) is 1. The number of fused-ring (bicyclic) bond motifs is 1. The van der Waals surface area contributed by atoms with Crippen molar-refractivity contribution in [3.05, 3.63) is 22.2 Å². The average molecular weight is 300 g/mol. The van der Waals surface area contributed by atoms with Crippen molar-refractivity contribution in [3.8, 4) is 5.75 Å². The largest absolute Gasteiger partial charge is 0.477 e. The van der Waals surface area contributed by atoms with E-state index >= 15 is 0 Å². The molecule has 0 spiro atoms. The number of hydrogen-bond acceptors (Lipinski definition) is 3. The summed E-state index contributed by atoms with van der Waals surface area (Å²) in [6.45, 7) is 3.80. The number of anilines is 1. The molecular weight excluding hydrogens is 286 g/mol. The molecule has 1 aromatic carbocycles. The van der Waals surface area contributed by atoms with E-state index in [0.717, 1.165) is 10.0 Å². The number of aliphatic hydroxyl groups is 1. The number of carbonyl (C=O) groups is 1. The maximum Gasteiger partial charge on any atom is 0.265 e. The van der Waals surface area contributed by atoms with Crippen LogP contribution in [0.15, 0.2) is 16.6 Å². The van der Waals surface area contributed by atoms with E-state index in [1.807, 2.05) is 13.8 Å². The maximum atomic E-state index is 11.8. The van der Waals surface area contributed by atoms with Gasteiger partial charge in [0.15, 0.2) is 11.9 Å². The van der Waals surface area contributed by atoms with Crippen molar-refractivity contribution in [1.29, 1.82) is 0 Å². The van der Waals surface area contributed by atoms with Crippen molar-refractivity contribution >= 4 is 27.5 Å². The molecule has 0 saturated heterocycles. The molecule has 5 heteroatoms. The molecule has 1 atom stereocenters. The lowest BCUT2D eigenvalue weighted by Crippen LogP contribution is -2.40. The molecule has 1 unspecified atom stereocenters. The third kappa shape index (κ3) is 2.30. The fourth-order valence-electron chi connectivity index (χ4n) is 1.78. The van der Waals surface area contributed by atoms with E-state index in [0.29, 0.717) is 11.4 Å². The summed E-state index contributed by atoms with van der Waals surface area (Å²) >= 11 is 3.38. The van der Waals surface area contributed by atoms with Crippen molar-refractivity contribution in [2.45, 2.75) is 26.6 Å². The number of carbonyl (C=O) groups excluding carboxylic acids is 1. The monoisotopic (exact) mass is 299 g/mol. The van der Waals surface area contributed by atoms with Crippen LogP contribution < -0.4 is 10.1 Å². The molecule has 1 aliphatic heterocycles. The molecule has 1 amide bonds. The van der Waals surface area contributed by atoms with E-state index in [2.05, 4.69) is 21.2 Å². The zero-order valence-electron chi connectivity index (χ0n) is 9.66. The average Bonchev–Trinajstić information content (AvgIpc) is 2.27. The number of hydrogen-bond donors (Lipinski definition) is 2. The SMILES string of the molecule is CC(C)C1Oc2c(Br)cc(CO)cc2NC1=O. The minimum absolute atomic E-state index is 0.0740. The Bertz CT molecular complexity index is 459. The Labute approximate surface area is 108 Å². The van der Waals surface area contributed by atoms with E-state index in [-0.39, 0.29) is 18.4 Å². The van der Waals surface area contributed by atoms with Gasteiger partial charge in [-0.15, -0.1) is 0 Å². The summed E-state index contributed by atoms with van der Waals surface area (Å²) in [5, 5.41) is 11.9. The predicted octanol–water partition coefficient (Wildman–Crippen LogP) is 2.30. The summed E-state index contributed by atoms with van der Waals surface area (Å²) < 4.78 is 6.44. The van der Waals surface area contributed by atoms with E-state index in [1.165, 1.54) is 0 Å². The van der Waals surface area contributed by atoms with Gasteiger partial charge >= 0.3 is 0 Å². The Kier molecular flexibility index (Phi) is 3.40. The summed E-state index contributed by atoms with van der Waals surface area (Å²) in [5.41, 5.74) is 1.33. The Morgan fingerprint density at radius 3 is 2.82 bits per heavy atom. The molecule has 2 N–H and O–H groups in total. The van der Waals surface area contributed by atoms with Crippen LogP contribution in [0.2, 0.25) is 0 Å². The van der Waals surface area contributed by atoms with Crippen molar-refractivity contribution in [3.63, 3.8) is 0 Å². The molecular formula is C12H14BrNO3. The molecule has 17 heavy (non-hydrogen) atoms. The lowest BCUT2D eigenvalue weighted by Gasteiger charge is -2.29. The van der Waals surface area contributed by atoms with Gasteiger partial charge in [-0.1, -0.05) is 13.8 Å². The predicted molar refractivity (Wildman–Crippen MR) is 67.9 cm³/mol. The second kappa shape index (κ2) is 4.66. The second-order valence-electron chi connectivity index (χ2n) is 4.38. The summed E-state index contributed by atoms with van der Waals surface area (Å²) in [4.78, 5) is 11.8.